The molecule has 3 aromatic carbocycles. The van der Waals surface area contributed by atoms with Gasteiger partial charge in [-0.15, -0.1) is 22.9 Å². The van der Waals surface area contributed by atoms with Gasteiger partial charge < -0.3 is 29.8 Å². The largest absolute Gasteiger partial charge is 0.458 e. The zero-order valence-electron chi connectivity index (χ0n) is 29.9. The Kier molecular flexibility index (Phi) is 13.0. The number of hydroxylamine groups is 2. The predicted molar refractivity (Wildman–Crippen MR) is 200 cm³/mol. The van der Waals surface area contributed by atoms with Crippen LogP contribution in [-0.4, -0.2) is 87.2 Å². The maximum atomic E-state index is 14.1. The van der Waals surface area contributed by atoms with E-state index in [1.54, 1.807) is 60.7 Å². The fourth-order valence-corrected chi connectivity index (χ4v) is 6.68. The number of benzene rings is 3. The molecule has 2 N–H and O–H groups in total. The molecule has 6 rings (SSSR count). The molecular formula is C37H31ClN6O13S. The number of rotatable bonds is 16. The lowest BCUT2D eigenvalue weighted by molar-refractivity contribution is -0.384. The number of halogens is 1. The van der Waals surface area contributed by atoms with E-state index in [1.807, 2.05) is 0 Å². The van der Waals surface area contributed by atoms with Crippen molar-refractivity contribution in [1.29, 1.82) is 0 Å². The Hall–Kier alpha value is -6.77. The highest BCUT2D eigenvalue weighted by Crippen LogP contribution is 2.45. The number of hydrogen-bond acceptors (Lipinski definition) is 16. The number of nitrogens with zero attached hydrogens (tertiary/aromatic N) is 4. The van der Waals surface area contributed by atoms with Crippen molar-refractivity contribution in [1.82, 2.24) is 15.5 Å². The van der Waals surface area contributed by atoms with Gasteiger partial charge in [-0.25, -0.2) is 19.4 Å². The summed E-state index contributed by atoms with van der Waals surface area (Å²) in [7, 11) is 0. The van der Waals surface area contributed by atoms with Crippen molar-refractivity contribution in [3.63, 3.8) is 0 Å². The first-order valence-electron chi connectivity index (χ1n) is 17.2. The molecule has 3 heterocycles. The van der Waals surface area contributed by atoms with Crippen LogP contribution in [0.1, 0.15) is 41.1 Å². The van der Waals surface area contributed by atoms with Gasteiger partial charge in [0.25, 0.3) is 11.6 Å². The number of nitro benzene ring substituents is 1. The molecule has 4 aromatic rings. The number of carbonyl (C=O) groups is 6. The third kappa shape index (κ3) is 9.60. The Morgan fingerprint density at radius 3 is 2.31 bits per heavy atom. The van der Waals surface area contributed by atoms with Crippen molar-refractivity contribution in [2.24, 2.45) is 5.16 Å². The number of nitro groups is 1. The number of cyclic esters (lactones) is 1. The van der Waals surface area contributed by atoms with Gasteiger partial charge in [-0.1, -0.05) is 65.8 Å². The van der Waals surface area contributed by atoms with Gasteiger partial charge in [-0.2, -0.15) is 0 Å². The van der Waals surface area contributed by atoms with E-state index in [-0.39, 0.29) is 41.8 Å². The van der Waals surface area contributed by atoms with Crippen LogP contribution in [0.25, 0.3) is 0 Å². The van der Waals surface area contributed by atoms with Crippen molar-refractivity contribution in [2.75, 3.05) is 24.4 Å². The Balaban J connectivity index is 1.15. The number of aromatic nitrogens is 1. The smallest absolute Gasteiger partial charge is 0.379 e. The summed E-state index contributed by atoms with van der Waals surface area (Å²) in [5.74, 6) is -6.53. The predicted octanol–water partition coefficient (Wildman–Crippen LogP) is 3.32. The van der Waals surface area contributed by atoms with Gasteiger partial charge in [0.2, 0.25) is 18.1 Å². The van der Waals surface area contributed by atoms with E-state index in [2.05, 4.69) is 20.8 Å². The highest BCUT2D eigenvalue weighted by Gasteiger charge is 2.57. The van der Waals surface area contributed by atoms with Crippen LogP contribution in [-0.2, 0) is 59.4 Å². The fourth-order valence-electron chi connectivity index (χ4n) is 5.90. The lowest BCUT2D eigenvalue weighted by Gasteiger charge is -2.34. The minimum absolute atomic E-state index is 0.0351. The molecule has 0 saturated carbocycles. The van der Waals surface area contributed by atoms with Gasteiger partial charge >= 0.3 is 23.8 Å². The summed E-state index contributed by atoms with van der Waals surface area (Å²) in [4.78, 5) is 108. The highest BCUT2D eigenvalue weighted by atomic mass is 35.5. The average Bonchev–Trinajstić information content (AvgIpc) is 3.95. The molecule has 1 unspecified atom stereocenters. The van der Waals surface area contributed by atoms with Crippen molar-refractivity contribution in [3.8, 4) is 0 Å². The molecule has 0 bridgehead atoms. The van der Waals surface area contributed by atoms with Crippen LogP contribution in [0.15, 0.2) is 95.5 Å². The number of hydrogen-bond donors (Lipinski definition) is 2. The average molecular weight is 835 g/mol. The Morgan fingerprint density at radius 2 is 1.71 bits per heavy atom. The molecule has 21 heteroatoms. The molecule has 0 spiro atoms. The quantitative estimate of drug-likeness (QED) is 0.0541. The number of esters is 2. The van der Waals surface area contributed by atoms with Crippen molar-refractivity contribution < 1.29 is 57.7 Å². The first-order chi connectivity index (χ1) is 28.0. The fraction of sp³-hybridized carbons (Fsp3) is 0.243. The normalized spacial score (nSPS) is 17.7. The van der Waals surface area contributed by atoms with E-state index in [0.717, 1.165) is 11.3 Å². The van der Waals surface area contributed by atoms with E-state index in [4.69, 9.17) is 35.6 Å². The van der Waals surface area contributed by atoms with Gasteiger partial charge in [-0.05, 0) is 34.0 Å². The molecule has 19 nitrogen and oxygen atoms in total. The minimum Gasteiger partial charge on any atom is -0.458 e. The molecular weight excluding hydrogens is 804 g/mol. The molecule has 300 valence electrons. The topological polar surface area (TPSA) is 244 Å². The van der Waals surface area contributed by atoms with E-state index >= 15 is 0 Å². The van der Waals surface area contributed by atoms with Crippen LogP contribution < -0.4 is 10.6 Å². The van der Waals surface area contributed by atoms with Gasteiger partial charge in [-0.3, -0.25) is 29.3 Å². The maximum absolute atomic E-state index is 14.1. The van der Waals surface area contributed by atoms with E-state index in [9.17, 15) is 38.9 Å². The molecule has 2 fully saturated rings. The zero-order chi connectivity index (χ0) is 41.2. The lowest BCUT2D eigenvalue weighted by Crippen LogP contribution is -2.50. The lowest BCUT2D eigenvalue weighted by atomic mass is 9.76. The summed E-state index contributed by atoms with van der Waals surface area (Å²) in [6.07, 6.45) is -0.180. The Morgan fingerprint density at radius 1 is 1.03 bits per heavy atom. The number of ether oxygens (including phenoxy) is 2. The van der Waals surface area contributed by atoms with Crippen LogP contribution in [0, 0.1) is 10.1 Å². The summed E-state index contributed by atoms with van der Waals surface area (Å²) >= 11 is 6.47. The van der Waals surface area contributed by atoms with Crippen LogP contribution in [0.2, 0.25) is 0 Å². The molecule has 0 aliphatic carbocycles. The van der Waals surface area contributed by atoms with Crippen LogP contribution >= 0.6 is 22.9 Å². The number of non-ortho nitro benzene ring substituents is 1. The molecule has 2 atom stereocenters. The van der Waals surface area contributed by atoms with Crippen LogP contribution in [0.5, 0.6) is 0 Å². The van der Waals surface area contributed by atoms with Gasteiger partial charge in [0.15, 0.2) is 10.8 Å². The first-order valence-corrected chi connectivity index (χ1v) is 18.6. The number of alkyl halides is 1. The number of nitrogens with one attached hydrogen (secondary N) is 2. The van der Waals surface area contributed by atoms with E-state index in [1.165, 1.54) is 29.6 Å². The third-order valence-electron chi connectivity index (χ3n) is 8.60. The van der Waals surface area contributed by atoms with Gasteiger partial charge in [0, 0.05) is 30.4 Å². The monoisotopic (exact) mass is 834 g/mol. The summed E-state index contributed by atoms with van der Waals surface area (Å²) in [5.41, 5.74) is -1.00. The second-order valence-electron chi connectivity index (χ2n) is 12.4. The second kappa shape index (κ2) is 18.4. The molecule has 2 saturated heterocycles. The number of amides is 3. The number of carbonyl (C=O) groups excluding carboxylic acids is 6. The van der Waals surface area contributed by atoms with E-state index in [0.29, 0.717) is 21.9 Å². The van der Waals surface area contributed by atoms with Crippen molar-refractivity contribution in [2.45, 2.75) is 37.0 Å². The summed E-state index contributed by atoms with van der Waals surface area (Å²) in [5, 5.41) is 21.1. The van der Waals surface area contributed by atoms with Crippen LogP contribution in [0.3, 0.4) is 0 Å². The Labute approximate surface area is 336 Å². The van der Waals surface area contributed by atoms with Crippen LogP contribution in [0.4, 0.5) is 10.8 Å². The summed E-state index contributed by atoms with van der Waals surface area (Å²) in [6.45, 7) is -1.55. The SMILES string of the molecule is O=C(CCl)Nc1nc(C(=NOCC(=O)OCc2ccc([N+](=O)[O-])cc2)C(=O)N[C@H]2CON(OC(=O)C3(C(c4ccccc4)c4ccccc4)CCC(=O)O3)C2=O)cs1. The molecule has 3 amide bonds. The molecule has 0 radical (unpaired) electrons. The summed E-state index contributed by atoms with van der Waals surface area (Å²) in [6, 6.07) is 21.6. The molecule has 2 aliphatic rings. The van der Waals surface area contributed by atoms with E-state index < -0.39 is 77.0 Å². The Bertz CT molecular complexity index is 2180. The molecule has 58 heavy (non-hydrogen) atoms. The van der Waals surface area contributed by atoms with Gasteiger partial charge in [0.1, 0.15) is 30.8 Å². The molecule has 2 aliphatic heterocycles. The third-order valence-corrected chi connectivity index (χ3v) is 9.60. The number of thiazole rings is 1. The van der Waals surface area contributed by atoms with Crippen molar-refractivity contribution in [3.05, 3.63) is 123 Å². The van der Waals surface area contributed by atoms with Crippen molar-refractivity contribution >= 4 is 75.1 Å². The number of oxime groups is 1. The molecule has 1 aromatic heterocycles. The summed E-state index contributed by atoms with van der Waals surface area (Å²) < 4.78 is 10.8. The van der Waals surface area contributed by atoms with Gasteiger partial charge in [0.05, 0.1) is 10.8 Å². The zero-order valence-corrected chi connectivity index (χ0v) is 31.5. The second-order valence-corrected chi connectivity index (χ2v) is 13.6. The standard InChI is InChI=1S/C37H31ClN6O13S/c38-17-28(45)41-36-40-27(21-58-36)32(42-54-20-30(47)53-18-22-11-13-25(14-12-22)43(51)52)33(48)39-26-19-55-44(34(26)49)57-35(50)37(16-15-29(46)56-37)31(23-7-3-1-4-8-23)24-9-5-2-6-10-24/h1-14,21,26,31H,15-20H2,(H,39,48)(H,40,41,45)/t26-,37?/m0/s1. The highest BCUT2D eigenvalue weighted by molar-refractivity contribution is 7.14. The maximum Gasteiger partial charge on any atom is 0.379 e. The number of anilines is 1. The first kappa shape index (κ1) is 40.9. The minimum atomic E-state index is -1.90.